The zero-order valence-electron chi connectivity index (χ0n) is 19.1. The lowest BCUT2D eigenvalue weighted by atomic mass is 10.2. The monoisotopic (exact) mass is 491 g/mol. The molecule has 5 rings (SSSR count). The molecule has 0 amide bonds. The number of nitrogens with zero attached hydrogens (tertiary/aromatic N) is 9. The summed E-state index contributed by atoms with van der Waals surface area (Å²) in [5.74, 6) is -1.81. The first-order chi connectivity index (χ1) is 16.6. The van der Waals surface area contributed by atoms with E-state index in [1.54, 1.807) is 4.68 Å². The van der Waals surface area contributed by atoms with Crippen LogP contribution in [0.1, 0.15) is 5.56 Å². The molecule has 35 heavy (non-hydrogen) atoms. The highest BCUT2D eigenvalue weighted by Gasteiger charge is 2.38. The van der Waals surface area contributed by atoms with Crippen molar-refractivity contribution in [1.82, 2.24) is 38.8 Å². The summed E-state index contributed by atoms with van der Waals surface area (Å²) in [6, 6.07) is 0. The molecule has 1 aliphatic heterocycles. The summed E-state index contributed by atoms with van der Waals surface area (Å²) in [5.41, 5.74) is 4.23. The van der Waals surface area contributed by atoms with E-state index in [2.05, 4.69) is 40.6 Å². The zero-order valence-corrected chi connectivity index (χ0v) is 19.1. The van der Waals surface area contributed by atoms with Gasteiger partial charge < -0.3 is 10.0 Å². The molecule has 0 radical (unpaired) electrons. The second kappa shape index (κ2) is 9.74. The molecule has 14 heteroatoms. The van der Waals surface area contributed by atoms with E-state index in [0.717, 1.165) is 55.4 Å². The van der Waals surface area contributed by atoms with Gasteiger partial charge in [-0.2, -0.15) is 23.4 Å². The van der Waals surface area contributed by atoms with Crippen molar-refractivity contribution in [2.75, 3.05) is 31.1 Å². The third-order valence-electron chi connectivity index (χ3n) is 5.49. The summed E-state index contributed by atoms with van der Waals surface area (Å²) < 4.78 is 37.5. The number of aromatic nitrogens is 7. The van der Waals surface area contributed by atoms with Crippen LogP contribution >= 0.6 is 0 Å². The van der Waals surface area contributed by atoms with Gasteiger partial charge in [-0.1, -0.05) is 0 Å². The highest BCUT2D eigenvalue weighted by Crippen LogP contribution is 2.25. The van der Waals surface area contributed by atoms with E-state index in [1.165, 1.54) is 5.56 Å². The topological polar surface area (TPSA) is 110 Å². The van der Waals surface area contributed by atoms with E-state index >= 15 is 0 Å². The van der Waals surface area contributed by atoms with E-state index in [0.29, 0.717) is 0 Å². The largest absolute Gasteiger partial charge is 0.490 e. The van der Waals surface area contributed by atoms with Gasteiger partial charge in [0.05, 0.1) is 24.3 Å². The Morgan fingerprint density at radius 3 is 2.23 bits per heavy atom. The molecule has 186 valence electrons. The number of hydrogen-bond acceptors (Lipinski definition) is 7. The molecule has 0 saturated carbocycles. The van der Waals surface area contributed by atoms with Gasteiger partial charge in [-0.3, -0.25) is 18.7 Å². The molecule has 0 aliphatic carbocycles. The van der Waals surface area contributed by atoms with E-state index in [4.69, 9.17) is 9.90 Å². The standard InChI is InChI=1S/C19H23N9.C2HF3O2/c1-24-12-15(9-22-24)13-26-5-7-27(8-6-26)18-19-21-11-17(28(19)4-3-20-18)16-10-23-25(2)14-16;3-2(4,5)1(6)7/h3-4,9-12,14H,5-8,13H2,1-2H3;(H,6,7). The van der Waals surface area contributed by atoms with Crippen LogP contribution in [0.5, 0.6) is 0 Å². The molecule has 0 bridgehead atoms. The first kappa shape index (κ1) is 24.2. The minimum Gasteiger partial charge on any atom is -0.475 e. The first-order valence-corrected chi connectivity index (χ1v) is 10.7. The molecule has 1 saturated heterocycles. The normalized spacial score (nSPS) is 14.7. The predicted octanol–water partition coefficient (Wildman–Crippen LogP) is 1.82. The van der Waals surface area contributed by atoms with Crippen molar-refractivity contribution < 1.29 is 23.1 Å². The van der Waals surface area contributed by atoms with Gasteiger partial charge in [0.15, 0.2) is 11.5 Å². The quantitative estimate of drug-likeness (QED) is 0.461. The number of imidazole rings is 1. The van der Waals surface area contributed by atoms with Gasteiger partial charge in [0.1, 0.15) is 0 Å². The minimum atomic E-state index is -5.08. The fourth-order valence-corrected chi connectivity index (χ4v) is 3.83. The van der Waals surface area contributed by atoms with Crippen molar-refractivity contribution in [2.24, 2.45) is 14.1 Å². The van der Waals surface area contributed by atoms with Crippen LogP contribution in [0.25, 0.3) is 16.9 Å². The van der Waals surface area contributed by atoms with Crippen molar-refractivity contribution in [3.05, 3.63) is 48.9 Å². The van der Waals surface area contributed by atoms with Crippen molar-refractivity contribution >= 4 is 17.4 Å². The molecule has 11 nitrogen and oxygen atoms in total. The van der Waals surface area contributed by atoms with Crippen LogP contribution in [0.4, 0.5) is 19.0 Å². The van der Waals surface area contributed by atoms with Crippen LogP contribution in [0.3, 0.4) is 0 Å². The Kier molecular flexibility index (Phi) is 6.73. The molecular weight excluding hydrogens is 467 g/mol. The second-order valence-electron chi connectivity index (χ2n) is 8.08. The Bertz CT molecular complexity index is 1300. The number of alkyl halides is 3. The fraction of sp³-hybridized carbons (Fsp3) is 0.381. The van der Waals surface area contributed by atoms with Crippen LogP contribution in [0.2, 0.25) is 0 Å². The molecule has 1 N–H and O–H groups in total. The summed E-state index contributed by atoms with van der Waals surface area (Å²) in [4.78, 5) is 23.0. The average Bonchev–Trinajstić information content (AvgIpc) is 3.53. The number of piperazine rings is 1. The Hall–Kier alpha value is -3.94. The maximum absolute atomic E-state index is 10.6. The molecule has 0 atom stereocenters. The minimum absolute atomic E-state index is 0.891. The summed E-state index contributed by atoms with van der Waals surface area (Å²) in [6.45, 7) is 4.79. The van der Waals surface area contributed by atoms with E-state index < -0.39 is 12.1 Å². The lowest BCUT2D eigenvalue weighted by molar-refractivity contribution is -0.192. The Morgan fingerprint density at radius 2 is 1.66 bits per heavy atom. The highest BCUT2D eigenvalue weighted by atomic mass is 19.4. The Labute approximate surface area is 198 Å². The number of carbonyl (C=O) groups is 1. The first-order valence-electron chi connectivity index (χ1n) is 10.7. The van der Waals surface area contributed by atoms with Crippen molar-refractivity contribution in [1.29, 1.82) is 0 Å². The SMILES string of the molecule is Cn1cc(CN2CCN(c3nccn4c(-c5cnn(C)c5)cnc34)CC2)cn1.O=C(O)C(F)(F)F. The van der Waals surface area contributed by atoms with E-state index in [1.807, 2.05) is 56.0 Å². The van der Waals surface area contributed by atoms with Gasteiger partial charge >= 0.3 is 12.1 Å². The second-order valence-corrected chi connectivity index (χ2v) is 8.08. The van der Waals surface area contributed by atoms with Crippen molar-refractivity contribution in [3.63, 3.8) is 0 Å². The van der Waals surface area contributed by atoms with Gasteiger partial charge in [0, 0.05) is 82.7 Å². The van der Waals surface area contributed by atoms with Gasteiger partial charge in [0.25, 0.3) is 0 Å². The van der Waals surface area contributed by atoms with Crippen LogP contribution in [-0.2, 0) is 25.4 Å². The van der Waals surface area contributed by atoms with Crippen LogP contribution < -0.4 is 4.90 Å². The molecule has 0 aromatic carbocycles. The van der Waals surface area contributed by atoms with Crippen LogP contribution in [-0.4, -0.2) is 82.3 Å². The molecule has 4 aromatic rings. The van der Waals surface area contributed by atoms with Crippen LogP contribution in [0.15, 0.2) is 43.4 Å². The molecule has 0 spiro atoms. The molecule has 1 fully saturated rings. The smallest absolute Gasteiger partial charge is 0.475 e. The van der Waals surface area contributed by atoms with E-state index in [9.17, 15) is 13.2 Å². The number of anilines is 1. The number of rotatable bonds is 4. The van der Waals surface area contributed by atoms with E-state index in [-0.39, 0.29) is 0 Å². The molecule has 1 aliphatic rings. The molecule has 4 aromatic heterocycles. The average molecular weight is 491 g/mol. The number of aliphatic carboxylic acids is 1. The molecule has 0 unspecified atom stereocenters. The van der Waals surface area contributed by atoms with Gasteiger partial charge in [0.2, 0.25) is 0 Å². The number of fused-ring (bicyclic) bond motifs is 1. The summed E-state index contributed by atoms with van der Waals surface area (Å²) in [6.07, 6.45) is 8.52. The summed E-state index contributed by atoms with van der Waals surface area (Å²) >= 11 is 0. The van der Waals surface area contributed by atoms with Gasteiger partial charge in [-0.05, 0) is 0 Å². The fourth-order valence-electron chi connectivity index (χ4n) is 3.83. The lowest BCUT2D eigenvalue weighted by Gasteiger charge is -2.35. The molecule has 5 heterocycles. The summed E-state index contributed by atoms with van der Waals surface area (Å²) in [5, 5.41) is 15.7. The number of carboxylic acid groups (broad SMARTS) is 1. The third kappa shape index (κ3) is 5.59. The predicted molar refractivity (Wildman–Crippen MR) is 120 cm³/mol. The number of halogens is 3. The number of aryl methyl sites for hydroxylation is 2. The van der Waals surface area contributed by atoms with Crippen LogP contribution in [0, 0.1) is 0 Å². The molecular formula is C21H24F3N9O2. The maximum atomic E-state index is 10.6. The zero-order chi connectivity index (χ0) is 25.2. The lowest BCUT2D eigenvalue weighted by Crippen LogP contribution is -2.46. The number of hydrogen-bond donors (Lipinski definition) is 1. The Morgan fingerprint density at radius 1 is 1.00 bits per heavy atom. The van der Waals surface area contributed by atoms with Gasteiger partial charge in [-0.25, -0.2) is 14.8 Å². The maximum Gasteiger partial charge on any atom is 0.490 e. The highest BCUT2D eigenvalue weighted by molar-refractivity contribution is 5.73. The van der Waals surface area contributed by atoms with Crippen molar-refractivity contribution in [3.8, 4) is 11.3 Å². The van der Waals surface area contributed by atoms with Crippen molar-refractivity contribution in [2.45, 2.75) is 12.7 Å². The third-order valence-corrected chi connectivity index (χ3v) is 5.49. The van der Waals surface area contributed by atoms with Gasteiger partial charge in [-0.15, -0.1) is 0 Å². The summed E-state index contributed by atoms with van der Waals surface area (Å²) in [7, 11) is 3.88. The Balaban J connectivity index is 0.000000364. The number of carboxylic acids is 1.